The second kappa shape index (κ2) is 10.7. The Labute approximate surface area is 203 Å². The average molecular weight is 490 g/mol. The second-order valence-electron chi connectivity index (χ2n) is 9.10. The fraction of sp³-hybridized carbons (Fsp3) is 0.400. The summed E-state index contributed by atoms with van der Waals surface area (Å²) >= 11 is 0. The topological polar surface area (TPSA) is 79.4 Å². The molecule has 0 saturated carbocycles. The molecule has 2 aromatic carbocycles. The number of urea groups is 1. The molecule has 0 aliphatic carbocycles. The summed E-state index contributed by atoms with van der Waals surface area (Å²) in [5.74, 6) is -1.93. The van der Waals surface area contributed by atoms with Crippen LogP contribution in [0.3, 0.4) is 0 Å². The number of nitrogens with zero attached hydrogens (tertiary/aromatic N) is 3. The molecular weight excluding hydrogens is 460 g/mol. The largest absolute Gasteiger partial charge is 0.465 e. The Bertz CT molecular complexity index is 1090. The first-order valence-corrected chi connectivity index (χ1v) is 11.1. The monoisotopic (exact) mass is 489 g/mol. The molecule has 0 aromatic heterocycles. The van der Waals surface area contributed by atoms with Crippen LogP contribution in [0, 0.1) is 11.6 Å². The number of carbonyl (C=O) groups excluding carboxylic acids is 3. The van der Waals surface area contributed by atoms with E-state index in [4.69, 9.17) is 4.74 Å². The number of amides is 3. The molecule has 1 aliphatic rings. The lowest BCUT2D eigenvalue weighted by Crippen LogP contribution is -2.54. The maximum absolute atomic E-state index is 14.8. The van der Waals surface area contributed by atoms with E-state index in [1.165, 1.54) is 52.1 Å². The molecule has 8 nitrogen and oxygen atoms in total. The lowest BCUT2D eigenvalue weighted by atomic mass is 10.1. The summed E-state index contributed by atoms with van der Waals surface area (Å²) in [5.41, 5.74) is -0.203. The molecule has 10 heteroatoms. The van der Waals surface area contributed by atoms with Crippen molar-refractivity contribution in [3.05, 3.63) is 65.2 Å². The third-order valence-corrected chi connectivity index (χ3v) is 5.36. The molecule has 0 unspecified atom stereocenters. The van der Waals surface area contributed by atoms with Gasteiger partial charge < -0.3 is 19.3 Å². The van der Waals surface area contributed by atoms with E-state index in [0.717, 1.165) is 6.07 Å². The highest BCUT2D eigenvalue weighted by Crippen LogP contribution is 2.23. The van der Waals surface area contributed by atoms with Gasteiger partial charge in [-0.1, -0.05) is 12.1 Å². The molecule has 3 rings (SSSR count). The molecule has 0 radical (unpaired) electrons. The van der Waals surface area contributed by atoms with Crippen LogP contribution in [0.1, 0.15) is 36.7 Å². The van der Waals surface area contributed by atoms with Gasteiger partial charge >= 0.3 is 18.1 Å². The summed E-state index contributed by atoms with van der Waals surface area (Å²) in [4.78, 5) is 41.8. The normalized spacial score (nSPS) is 13.9. The van der Waals surface area contributed by atoms with Gasteiger partial charge in [0, 0.05) is 37.4 Å². The van der Waals surface area contributed by atoms with Crippen molar-refractivity contribution >= 4 is 23.8 Å². The fourth-order valence-corrected chi connectivity index (χ4v) is 3.58. The third-order valence-electron chi connectivity index (χ3n) is 5.36. The highest BCUT2D eigenvalue weighted by molar-refractivity contribution is 5.92. The smallest absolute Gasteiger partial charge is 0.410 e. The number of rotatable bonds is 4. The molecule has 0 spiro atoms. The van der Waals surface area contributed by atoms with Crippen LogP contribution in [-0.4, -0.2) is 66.8 Å². The van der Waals surface area contributed by atoms with Crippen molar-refractivity contribution in [3.63, 3.8) is 0 Å². The average Bonchev–Trinajstić information content (AvgIpc) is 2.81. The number of hydrogen-bond donors (Lipinski definition) is 0. The van der Waals surface area contributed by atoms with Crippen LogP contribution in [0.4, 0.5) is 24.1 Å². The molecule has 1 heterocycles. The third kappa shape index (κ3) is 6.68. The van der Waals surface area contributed by atoms with Crippen LogP contribution in [0.5, 0.6) is 0 Å². The Morgan fingerprint density at radius 3 is 2.20 bits per heavy atom. The van der Waals surface area contributed by atoms with E-state index in [-0.39, 0.29) is 49.5 Å². The SMILES string of the molecule is COC(=O)c1ccc(CN(C(=O)N2CCN(C(=O)OC(C)(C)C)CC2)c2cccc(F)c2)c(F)c1. The van der Waals surface area contributed by atoms with E-state index >= 15 is 0 Å². The lowest BCUT2D eigenvalue weighted by molar-refractivity contribution is 0.0172. The molecular formula is C25H29F2N3O5. The van der Waals surface area contributed by atoms with Gasteiger partial charge in [-0.3, -0.25) is 4.90 Å². The maximum Gasteiger partial charge on any atom is 0.410 e. The van der Waals surface area contributed by atoms with Crippen molar-refractivity contribution in [3.8, 4) is 0 Å². The zero-order valence-electron chi connectivity index (χ0n) is 20.2. The number of ether oxygens (including phenoxy) is 2. The molecule has 2 aromatic rings. The van der Waals surface area contributed by atoms with Gasteiger partial charge in [0.2, 0.25) is 0 Å². The molecule has 0 N–H and O–H groups in total. The van der Waals surface area contributed by atoms with Gasteiger partial charge in [-0.25, -0.2) is 23.2 Å². The van der Waals surface area contributed by atoms with Crippen molar-refractivity contribution in [2.75, 3.05) is 38.2 Å². The van der Waals surface area contributed by atoms with Crippen LogP contribution in [0.15, 0.2) is 42.5 Å². The highest BCUT2D eigenvalue weighted by atomic mass is 19.1. The van der Waals surface area contributed by atoms with Crippen molar-refractivity contribution in [1.29, 1.82) is 0 Å². The first-order valence-electron chi connectivity index (χ1n) is 11.1. The summed E-state index contributed by atoms with van der Waals surface area (Å²) in [5, 5.41) is 0. The van der Waals surface area contributed by atoms with E-state index in [1.807, 2.05) is 0 Å². The van der Waals surface area contributed by atoms with Crippen LogP contribution < -0.4 is 4.90 Å². The van der Waals surface area contributed by atoms with Gasteiger partial charge in [0.15, 0.2) is 0 Å². The minimum atomic E-state index is -0.697. The molecule has 1 saturated heterocycles. The molecule has 0 bridgehead atoms. The van der Waals surface area contributed by atoms with Gasteiger partial charge in [-0.05, 0) is 51.1 Å². The Morgan fingerprint density at radius 1 is 0.971 bits per heavy atom. The molecule has 0 atom stereocenters. The van der Waals surface area contributed by atoms with Crippen LogP contribution in [0.2, 0.25) is 0 Å². The van der Waals surface area contributed by atoms with Gasteiger partial charge in [0.1, 0.15) is 17.2 Å². The van der Waals surface area contributed by atoms with E-state index in [0.29, 0.717) is 0 Å². The van der Waals surface area contributed by atoms with Crippen molar-refractivity contribution in [1.82, 2.24) is 9.80 Å². The summed E-state index contributed by atoms with van der Waals surface area (Å²) in [6.45, 7) is 6.12. The minimum Gasteiger partial charge on any atom is -0.465 e. The van der Waals surface area contributed by atoms with Gasteiger partial charge in [-0.2, -0.15) is 0 Å². The molecule has 1 fully saturated rings. The molecule has 1 aliphatic heterocycles. The van der Waals surface area contributed by atoms with E-state index in [9.17, 15) is 23.2 Å². The summed E-state index contributed by atoms with van der Waals surface area (Å²) < 4.78 is 38.8. The van der Waals surface area contributed by atoms with Crippen LogP contribution in [0.25, 0.3) is 0 Å². The van der Waals surface area contributed by atoms with Gasteiger partial charge in [0.25, 0.3) is 0 Å². The van der Waals surface area contributed by atoms with Gasteiger partial charge in [-0.15, -0.1) is 0 Å². The number of carbonyl (C=O) groups is 3. The predicted octanol–water partition coefficient (Wildman–Crippen LogP) is 4.43. The molecule has 188 valence electrons. The van der Waals surface area contributed by atoms with Crippen molar-refractivity contribution in [2.45, 2.75) is 32.9 Å². The van der Waals surface area contributed by atoms with E-state index < -0.39 is 35.3 Å². The van der Waals surface area contributed by atoms with Crippen LogP contribution in [-0.2, 0) is 16.0 Å². The van der Waals surface area contributed by atoms with E-state index in [1.54, 1.807) is 26.8 Å². The highest BCUT2D eigenvalue weighted by Gasteiger charge is 2.30. The Hall–Kier alpha value is -3.69. The molecule has 35 heavy (non-hydrogen) atoms. The number of piperazine rings is 1. The Morgan fingerprint density at radius 2 is 1.63 bits per heavy atom. The minimum absolute atomic E-state index is 0.0376. The zero-order chi connectivity index (χ0) is 25.8. The van der Waals surface area contributed by atoms with Crippen LogP contribution >= 0.6 is 0 Å². The number of benzene rings is 2. The van der Waals surface area contributed by atoms with Gasteiger partial charge in [0.05, 0.1) is 19.2 Å². The predicted molar refractivity (Wildman–Crippen MR) is 125 cm³/mol. The Balaban J connectivity index is 1.79. The number of methoxy groups -OCH3 is 1. The summed E-state index contributed by atoms with van der Waals surface area (Å²) in [7, 11) is 1.20. The van der Waals surface area contributed by atoms with Crippen molar-refractivity contribution < 1.29 is 32.6 Å². The molecule has 3 amide bonds. The number of anilines is 1. The standard InChI is InChI=1S/C25H29F2N3O5/c1-25(2,3)35-24(33)29-12-10-28(11-13-29)23(32)30(20-7-5-6-19(26)15-20)16-18-9-8-17(14-21(18)27)22(31)34-4/h5-9,14-15H,10-13,16H2,1-4H3. The second-order valence-corrected chi connectivity index (χ2v) is 9.10. The summed E-state index contributed by atoms with van der Waals surface area (Å²) in [6.07, 6.45) is -0.459. The maximum atomic E-state index is 14.8. The first-order chi connectivity index (χ1) is 16.5. The quantitative estimate of drug-likeness (QED) is 0.594. The number of halogens is 2. The Kier molecular flexibility index (Phi) is 7.93. The van der Waals surface area contributed by atoms with E-state index in [2.05, 4.69) is 4.74 Å². The lowest BCUT2D eigenvalue weighted by Gasteiger charge is -2.38. The number of esters is 1. The van der Waals surface area contributed by atoms with Crippen molar-refractivity contribution in [2.24, 2.45) is 0 Å². The number of hydrogen-bond acceptors (Lipinski definition) is 5. The first kappa shape index (κ1) is 25.9. The fourth-order valence-electron chi connectivity index (χ4n) is 3.58. The zero-order valence-corrected chi connectivity index (χ0v) is 20.2. The summed E-state index contributed by atoms with van der Waals surface area (Å²) in [6, 6.07) is 8.82.